The van der Waals surface area contributed by atoms with Crippen molar-refractivity contribution in [2.75, 3.05) is 5.33 Å². The monoisotopic (exact) mass is 232 g/mol. The maximum atomic E-state index is 9.23. The molecule has 0 bridgehead atoms. The van der Waals surface area contributed by atoms with Crippen LogP contribution < -0.4 is 0 Å². The van der Waals surface area contributed by atoms with Gasteiger partial charge in [-0.25, -0.2) is 0 Å². The number of benzene rings is 1. The zero-order valence-corrected chi connectivity index (χ0v) is 8.31. The maximum Gasteiger partial charge on any atom is 0.113 e. The molecule has 0 saturated heterocycles. The van der Waals surface area contributed by atoms with E-state index in [0.29, 0.717) is 5.33 Å². The molecule has 1 rings (SSSR count). The van der Waals surface area contributed by atoms with Gasteiger partial charge >= 0.3 is 0 Å². The average molecular weight is 233 g/mol. The quantitative estimate of drug-likeness (QED) is 0.491. The molecule has 0 aliphatic carbocycles. The molecule has 0 aliphatic heterocycles. The van der Waals surface area contributed by atoms with Crippen molar-refractivity contribution in [3.05, 3.63) is 30.3 Å². The SMILES string of the molecule is O[C@@H](CBr)Sc1ccccc1. The lowest BCUT2D eigenvalue weighted by Crippen LogP contribution is -2.00. The lowest BCUT2D eigenvalue weighted by Gasteiger charge is -2.04. The minimum Gasteiger partial charge on any atom is -0.381 e. The van der Waals surface area contributed by atoms with E-state index in [0.717, 1.165) is 4.90 Å². The number of rotatable bonds is 3. The predicted octanol–water partition coefficient (Wildman–Crippen LogP) is 2.49. The summed E-state index contributed by atoms with van der Waals surface area (Å²) >= 11 is 4.65. The van der Waals surface area contributed by atoms with Gasteiger partial charge in [0.15, 0.2) is 0 Å². The second-order valence-electron chi connectivity index (χ2n) is 2.04. The predicted molar refractivity (Wildman–Crippen MR) is 52.1 cm³/mol. The molecule has 0 fully saturated rings. The Hall–Kier alpha value is 0.0100. The van der Waals surface area contributed by atoms with Crippen LogP contribution in [0.3, 0.4) is 0 Å². The van der Waals surface area contributed by atoms with Gasteiger partial charge in [0.25, 0.3) is 0 Å². The number of hydrogen-bond donors (Lipinski definition) is 1. The Morgan fingerprint density at radius 2 is 2.00 bits per heavy atom. The second kappa shape index (κ2) is 4.80. The van der Waals surface area contributed by atoms with Gasteiger partial charge in [0.2, 0.25) is 0 Å². The molecule has 0 aromatic heterocycles. The third-order valence-corrected chi connectivity index (χ3v) is 3.17. The first-order chi connectivity index (χ1) is 5.33. The average Bonchev–Trinajstić information content (AvgIpc) is 2.06. The molecule has 1 nitrogen and oxygen atoms in total. The van der Waals surface area contributed by atoms with Crippen LogP contribution >= 0.6 is 27.7 Å². The molecule has 0 spiro atoms. The lowest BCUT2D eigenvalue weighted by molar-refractivity contribution is 0.289. The van der Waals surface area contributed by atoms with Crippen LogP contribution in [0.4, 0.5) is 0 Å². The van der Waals surface area contributed by atoms with E-state index in [1.165, 1.54) is 11.8 Å². The minimum atomic E-state index is -0.350. The standard InChI is InChI=1S/C8H9BrOS/c9-6-8(10)11-7-4-2-1-3-5-7/h1-5,8,10H,6H2/t8-/m1/s1. The Balaban J connectivity index is 2.51. The largest absolute Gasteiger partial charge is 0.381 e. The van der Waals surface area contributed by atoms with Gasteiger partial charge in [-0.3, -0.25) is 0 Å². The van der Waals surface area contributed by atoms with E-state index in [9.17, 15) is 5.11 Å². The van der Waals surface area contributed by atoms with Crippen molar-refractivity contribution < 1.29 is 5.11 Å². The van der Waals surface area contributed by atoms with Gasteiger partial charge in [-0.1, -0.05) is 45.9 Å². The molecule has 60 valence electrons. The zero-order valence-electron chi connectivity index (χ0n) is 5.90. The highest BCUT2D eigenvalue weighted by Gasteiger charge is 2.01. The summed E-state index contributed by atoms with van der Waals surface area (Å²) in [7, 11) is 0. The summed E-state index contributed by atoms with van der Waals surface area (Å²) in [6.07, 6.45) is 0. The normalized spacial score (nSPS) is 12.9. The van der Waals surface area contributed by atoms with E-state index < -0.39 is 0 Å². The summed E-state index contributed by atoms with van der Waals surface area (Å²) in [6.45, 7) is 0. The van der Waals surface area contributed by atoms with Crippen molar-refractivity contribution in [1.29, 1.82) is 0 Å². The summed E-state index contributed by atoms with van der Waals surface area (Å²) < 4.78 is 0. The summed E-state index contributed by atoms with van der Waals surface area (Å²) in [5, 5.41) is 9.83. The molecule has 1 aromatic carbocycles. The van der Waals surface area contributed by atoms with Gasteiger partial charge in [0.1, 0.15) is 5.44 Å². The molecular formula is C8H9BrOS. The van der Waals surface area contributed by atoms with Crippen molar-refractivity contribution in [3.8, 4) is 0 Å². The Bertz CT molecular complexity index is 203. The number of thioether (sulfide) groups is 1. The van der Waals surface area contributed by atoms with Crippen molar-refractivity contribution in [2.45, 2.75) is 10.3 Å². The summed E-state index contributed by atoms with van der Waals surface area (Å²) in [5.74, 6) is 0. The Labute approximate surface area is 78.9 Å². The van der Waals surface area contributed by atoms with E-state index >= 15 is 0 Å². The molecule has 0 amide bonds. The number of halogens is 1. The van der Waals surface area contributed by atoms with Crippen molar-refractivity contribution >= 4 is 27.7 Å². The zero-order chi connectivity index (χ0) is 8.10. The van der Waals surface area contributed by atoms with E-state index in [-0.39, 0.29) is 5.44 Å². The highest BCUT2D eigenvalue weighted by molar-refractivity contribution is 9.09. The van der Waals surface area contributed by atoms with Crippen LogP contribution in [-0.2, 0) is 0 Å². The second-order valence-corrected chi connectivity index (χ2v) is 3.94. The molecule has 1 atom stereocenters. The fraction of sp³-hybridized carbons (Fsp3) is 0.250. The van der Waals surface area contributed by atoms with Crippen LogP contribution in [0.15, 0.2) is 35.2 Å². The molecule has 0 saturated carbocycles. The molecule has 1 N–H and O–H groups in total. The van der Waals surface area contributed by atoms with Gasteiger partial charge in [-0.2, -0.15) is 0 Å². The highest BCUT2D eigenvalue weighted by atomic mass is 79.9. The Morgan fingerprint density at radius 1 is 1.36 bits per heavy atom. The minimum absolute atomic E-state index is 0.350. The topological polar surface area (TPSA) is 20.2 Å². The molecule has 11 heavy (non-hydrogen) atoms. The number of aliphatic hydroxyl groups is 1. The van der Waals surface area contributed by atoms with Gasteiger partial charge in [0.05, 0.1) is 0 Å². The third kappa shape index (κ3) is 3.27. The first-order valence-corrected chi connectivity index (χ1v) is 5.29. The maximum absolute atomic E-state index is 9.23. The van der Waals surface area contributed by atoms with Crippen LogP contribution in [0.1, 0.15) is 0 Å². The first kappa shape index (κ1) is 9.10. The molecule has 1 aromatic rings. The van der Waals surface area contributed by atoms with Gasteiger partial charge < -0.3 is 5.11 Å². The van der Waals surface area contributed by atoms with Crippen LogP contribution in [0.2, 0.25) is 0 Å². The molecule has 3 heteroatoms. The molecule has 0 unspecified atom stereocenters. The van der Waals surface area contributed by atoms with Crippen molar-refractivity contribution in [2.24, 2.45) is 0 Å². The number of aliphatic hydroxyl groups excluding tert-OH is 1. The lowest BCUT2D eigenvalue weighted by atomic mass is 10.4. The smallest absolute Gasteiger partial charge is 0.113 e. The van der Waals surface area contributed by atoms with E-state index in [1.54, 1.807) is 0 Å². The number of alkyl halides is 1. The summed E-state index contributed by atoms with van der Waals surface area (Å²) in [6, 6.07) is 9.85. The first-order valence-electron chi connectivity index (χ1n) is 3.28. The van der Waals surface area contributed by atoms with Crippen LogP contribution in [0.25, 0.3) is 0 Å². The third-order valence-electron chi connectivity index (χ3n) is 1.15. The highest BCUT2D eigenvalue weighted by Crippen LogP contribution is 2.21. The van der Waals surface area contributed by atoms with E-state index in [2.05, 4.69) is 15.9 Å². The molecule has 0 heterocycles. The van der Waals surface area contributed by atoms with E-state index in [4.69, 9.17) is 0 Å². The summed E-state index contributed by atoms with van der Waals surface area (Å²) in [5.41, 5.74) is -0.350. The molecule has 0 radical (unpaired) electrons. The molecule has 0 aliphatic rings. The fourth-order valence-electron chi connectivity index (χ4n) is 0.688. The van der Waals surface area contributed by atoms with Gasteiger partial charge in [-0.15, -0.1) is 0 Å². The number of hydrogen-bond acceptors (Lipinski definition) is 2. The van der Waals surface area contributed by atoms with Gasteiger partial charge in [-0.05, 0) is 12.1 Å². The van der Waals surface area contributed by atoms with Crippen LogP contribution in [0, 0.1) is 0 Å². The Kier molecular flexibility index (Phi) is 3.97. The fourth-order valence-corrected chi connectivity index (χ4v) is 1.78. The van der Waals surface area contributed by atoms with Gasteiger partial charge in [0, 0.05) is 10.2 Å². The van der Waals surface area contributed by atoms with E-state index in [1.807, 2.05) is 30.3 Å². The Morgan fingerprint density at radius 3 is 2.55 bits per heavy atom. The van der Waals surface area contributed by atoms with Crippen molar-refractivity contribution in [3.63, 3.8) is 0 Å². The molecular weight excluding hydrogens is 224 g/mol. The van der Waals surface area contributed by atoms with Crippen LogP contribution in [0.5, 0.6) is 0 Å². The van der Waals surface area contributed by atoms with Crippen LogP contribution in [-0.4, -0.2) is 15.9 Å². The summed E-state index contributed by atoms with van der Waals surface area (Å²) in [4.78, 5) is 1.10. The van der Waals surface area contributed by atoms with Crippen molar-refractivity contribution in [1.82, 2.24) is 0 Å².